The number of aromatic hydroxyl groups is 3. The number of para-hydroxylation sites is 1. The third-order valence-corrected chi connectivity index (χ3v) is 5.10. The lowest BCUT2D eigenvalue weighted by Gasteiger charge is -2.26. The van der Waals surface area contributed by atoms with Gasteiger partial charge in [-0.25, -0.2) is 0 Å². The molecule has 134 valence electrons. The molecule has 3 aromatic rings. The summed E-state index contributed by atoms with van der Waals surface area (Å²) in [7, 11) is 0. The van der Waals surface area contributed by atoms with E-state index in [4.69, 9.17) is 0 Å². The molecule has 3 aromatic carbocycles. The lowest BCUT2D eigenvalue weighted by atomic mass is 9.79. The Balaban J connectivity index is 2.43. The Hall–Kier alpha value is -2.94. The van der Waals surface area contributed by atoms with Crippen LogP contribution in [0.4, 0.5) is 0 Å². The maximum Gasteiger partial charge on any atom is 0.122 e. The first kappa shape index (κ1) is 17.9. The van der Waals surface area contributed by atoms with Gasteiger partial charge >= 0.3 is 0 Å². The third kappa shape index (κ3) is 2.90. The number of hydrogen-bond acceptors (Lipinski definition) is 3. The molecule has 3 nitrogen and oxygen atoms in total. The smallest absolute Gasteiger partial charge is 0.122 e. The van der Waals surface area contributed by atoms with Crippen molar-refractivity contribution < 1.29 is 15.3 Å². The molecular weight excluding hydrogens is 324 g/mol. The van der Waals surface area contributed by atoms with Gasteiger partial charge in [0.1, 0.15) is 17.2 Å². The summed E-state index contributed by atoms with van der Waals surface area (Å²) >= 11 is 0. The standard InChI is InChI=1S/C23H24O3/c1-13-9-11-15(3)22(25)19(13)21(17-7-5-6-8-18(17)24)20-14(2)10-12-16(4)23(20)26/h5-12,21,24-26H,1-4H3. The fraction of sp³-hybridized carbons (Fsp3) is 0.217. The summed E-state index contributed by atoms with van der Waals surface area (Å²) in [6.07, 6.45) is 0. The highest BCUT2D eigenvalue weighted by atomic mass is 16.3. The molecule has 0 unspecified atom stereocenters. The number of rotatable bonds is 3. The van der Waals surface area contributed by atoms with E-state index in [0.29, 0.717) is 16.7 Å². The summed E-state index contributed by atoms with van der Waals surface area (Å²) in [6.45, 7) is 7.57. The van der Waals surface area contributed by atoms with Crippen LogP contribution in [0.1, 0.15) is 44.9 Å². The number of hydrogen-bond donors (Lipinski definition) is 3. The van der Waals surface area contributed by atoms with Crippen LogP contribution in [0.2, 0.25) is 0 Å². The second-order valence-corrected chi connectivity index (χ2v) is 6.92. The maximum atomic E-state index is 10.9. The van der Waals surface area contributed by atoms with E-state index in [9.17, 15) is 15.3 Å². The van der Waals surface area contributed by atoms with E-state index in [1.165, 1.54) is 0 Å². The summed E-state index contributed by atoms with van der Waals surface area (Å²) in [6, 6.07) is 14.8. The van der Waals surface area contributed by atoms with Gasteiger partial charge in [0, 0.05) is 22.6 Å². The highest BCUT2D eigenvalue weighted by Gasteiger charge is 2.29. The summed E-state index contributed by atoms with van der Waals surface area (Å²) in [5.41, 5.74) is 5.39. The first-order valence-electron chi connectivity index (χ1n) is 8.69. The molecule has 0 atom stereocenters. The monoisotopic (exact) mass is 348 g/mol. The zero-order valence-corrected chi connectivity index (χ0v) is 15.5. The topological polar surface area (TPSA) is 60.7 Å². The SMILES string of the molecule is Cc1ccc(C)c(C(c2ccccc2O)c2c(C)ccc(C)c2O)c1O. The maximum absolute atomic E-state index is 10.9. The molecule has 0 heterocycles. The van der Waals surface area contributed by atoms with E-state index < -0.39 is 5.92 Å². The van der Waals surface area contributed by atoms with E-state index in [1.54, 1.807) is 12.1 Å². The highest BCUT2D eigenvalue weighted by molar-refractivity contribution is 5.61. The van der Waals surface area contributed by atoms with Crippen LogP contribution in [-0.2, 0) is 0 Å². The van der Waals surface area contributed by atoms with Gasteiger partial charge in [0.2, 0.25) is 0 Å². The van der Waals surface area contributed by atoms with Crippen molar-refractivity contribution in [2.45, 2.75) is 33.6 Å². The van der Waals surface area contributed by atoms with E-state index >= 15 is 0 Å². The van der Waals surface area contributed by atoms with Gasteiger partial charge in [-0.3, -0.25) is 0 Å². The molecule has 0 saturated heterocycles. The molecule has 0 aliphatic heterocycles. The van der Waals surface area contributed by atoms with Crippen molar-refractivity contribution in [3.8, 4) is 17.2 Å². The molecule has 0 aliphatic carbocycles. The van der Waals surface area contributed by atoms with Crippen LogP contribution in [0.3, 0.4) is 0 Å². The number of phenols is 3. The van der Waals surface area contributed by atoms with Crippen LogP contribution in [-0.4, -0.2) is 15.3 Å². The van der Waals surface area contributed by atoms with Crippen LogP contribution < -0.4 is 0 Å². The fourth-order valence-corrected chi connectivity index (χ4v) is 3.55. The highest BCUT2D eigenvalue weighted by Crippen LogP contribution is 2.47. The molecule has 0 aromatic heterocycles. The Morgan fingerprint density at radius 1 is 0.577 bits per heavy atom. The minimum atomic E-state index is -0.476. The molecular formula is C23H24O3. The van der Waals surface area contributed by atoms with Gasteiger partial charge in [-0.1, -0.05) is 42.5 Å². The van der Waals surface area contributed by atoms with Crippen LogP contribution >= 0.6 is 0 Å². The van der Waals surface area contributed by atoms with E-state index in [-0.39, 0.29) is 17.2 Å². The summed E-state index contributed by atoms with van der Waals surface area (Å²) < 4.78 is 0. The van der Waals surface area contributed by atoms with E-state index in [2.05, 4.69) is 0 Å². The van der Waals surface area contributed by atoms with Gasteiger partial charge in [0.25, 0.3) is 0 Å². The zero-order valence-electron chi connectivity index (χ0n) is 15.5. The van der Waals surface area contributed by atoms with Gasteiger partial charge in [0.05, 0.1) is 0 Å². The Labute approximate surface area is 154 Å². The predicted octanol–water partition coefficient (Wildman–Crippen LogP) is 5.22. The molecule has 0 saturated carbocycles. The van der Waals surface area contributed by atoms with Crippen molar-refractivity contribution in [3.63, 3.8) is 0 Å². The van der Waals surface area contributed by atoms with Gasteiger partial charge in [-0.15, -0.1) is 0 Å². The first-order valence-corrected chi connectivity index (χ1v) is 8.69. The van der Waals surface area contributed by atoms with Crippen LogP contribution in [0, 0.1) is 27.7 Å². The largest absolute Gasteiger partial charge is 0.508 e. The lowest BCUT2D eigenvalue weighted by molar-refractivity contribution is 0.446. The van der Waals surface area contributed by atoms with Crippen molar-refractivity contribution >= 4 is 0 Å². The van der Waals surface area contributed by atoms with Crippen LogP contribution in [0.5, 0.6) is 17.2 Å². The van der Waals surface area contributed by atoms with Crippen molar-refractivity contribution in [1.82, 2.24) is 0 Å². The molecule has 0 fully saturated rings. The molecule has 0 radical (unpaired) electrons. The molecule has 3 rings (SSSR count). The Kier molecular flexibility index (Phi) is 4.64. The first-order chi connectivity index (χ1) is 12.3. The summed E-state index contributed by atoms with van der Waals surface area (Å²) in [5.74, 6) is 0.0474. The van der Waals surface area contributed by atoms with Crippen molar-refractivity contribution in [2.24, 2.45) is 0 Å². The third-order valence-electron chi connectivity index (χ3n) is 5.10. The van der Waals surface area contributed by atoms with Crippen molar-refractivity contribution in [3.05, 3.63) is 87.5 Å². The van der Waals surface area contributed by atoms with Gasteiger partial charge in [-0.05, 0) is 56.0 Å². The minimum absolute atomic E-state index is 0.137. The van der Waals surface area contributed by atoms with Gasteiger partial charge in [0.15, 0.2) is 0 Å². The normalized spacial score (nSPS) is 11.1. The van der Waals surface area contributed by atoms with Gasteiger partial charge < -0.3 is 15.3 Å². The van der Waals surface area contributed by atoms with Crippen molar-refractivity contribution in [2.75, 3.05) is 0 Å². The molecule has 0 amide bonds. The second-order valence-electron chi connectivity index (χ2n) is 6.92. The second kappa shape index (κ2) is 6.75. The zero-order chi connectivity index (χ0) is 19.0. The molecule has 3 heteroatoms. The van der Waals surface area contributed by atoms with Crippen LogP contribution in [0.15, 0.2) is 48.5 Å². The average molecular weight is 348 g/mol. The van der Waals surface area contributed by atoms with Crippen molar-refractivity contribution in [1.29, 1.82) is 0 Å². The van der Waals surface area contributed by atoms with Gasteiger partial charge in [-0.2, -0.15) is 0 Å². The number of benzene rings is 3. The lowest BCUT2D eigenvalue weighted by Crippen LogP contribution is -2.09. The Bertz CT molecular complexity index is 916. The van der Waals surface area contributed by atoms with Crippen LogP contribution in [0.25, 0.3) is 0 Å². The average Bonchev–Trinajstić information content (AvgIpc) is 2.61. The molecule has 0 aliphatic rings. The molecule has 26 heavy (non-hydrogen) atoms. The Morgan fingerprint density at radius 2 is 1.00 bits per heavy atom. The molecule has 0 bridgehead atoms. The van der Waals surface area contributed by atoms with E-state index in [0.717, 1.165) is 22.3 Å². The predicted molar refractivity (Wildman–Crippen MR) is 104 cm³/mol. The van der Waals surface area contributed by atoms with E-state index in [1.807, 2.05) is 64.1 Å². The summed E-state index contributed by atoms with van der Waals surface area (Å²) in [5, 5.41) is 32.2. The quantitative estimate of drug-likeness (QED) is 0.569. The number of aryl methyl sites for hydroxylation is 4. The summed E-state index contributed by atoms with van der Waals surface area (Å²) in [4.78, 5) is 0. The molecule has 0 spiro atoms. The number of phenolic OH excluding ortho intramolecular Hbond substituents is 3. The molecule has 3 N–H and O–H groups in total. The fourth-order valence-electron chi connectivity index (χ4n) is 3.55. The minimum Gasteiger partial charge on any atom is -0.508 e. The Morgan fingerprint density at radius 3 is 1.46 bits per heavy atom.